The second-order valence-electron chi connectivity index (χ2n) is 4.84. The van der Waals surface area contributed by atoms with Crippen LogP contribution in [0.2, 0.25) is 0 Å². The molecule has 1 saturated heterocycles. The van der Waals surface area contributed by atoms with E-state index in [1.165, 1.54) is 0 Å². The molecule has 0 aromatic heterocycles. The zero-order chi connectivity index (χ0) is 14.1. The Kier molecular flexibility index (Phi) is 10.5. The zero-order valence-corrected chi connectivity index (χ0v) is 12.9. The third-order valence-electron chi connectivity index (χ3n) is 2.04. The fraction of sp³-hybridized carbons (Fsp3) is 0.929. The summed E-state index contributed by atoms with van der Waals surface area (Å²) in [6, 6.07) is -0.0887. The Balaban J connectivity index is 0. The van der Waals surface area contributed by atoms with Gasteiger partial charge >= 0.3 is 5.97 Å². The summed E-state index contributed by atoms with van der Waals surface area (Å²) in [4.78, 5) is 11.5. The van der Waals surface area contributed by atoms with Gasteiger partial charge < -0.3 is 10.1 Å². The van der Waals surface area contributed by atoms with Crippen LogP contribution >= 0.6 is 0 Å². The van der Waals surface area contributed by atoms with Gasteiger partial charge in [-0.2, -0.15) is 0 Å². The first-order chi connectivity index (χ1) is 7.88. The third kappa shape index (κ3) is 9.16. The van der Waals surface area contributed by atoms with Crippen molar-refractivity contribution in [1.82, 2.24) is 5.32 Å². The molecule has 0 radical (unpaired) electrons. The summed E-state index contributed by atoms with van der Waals surface area (Å²) in [6.07, 6.45) is 0.898. The van der Waals surface area contributed by atoms with E-state index in [2.05, 4.69) is 12.2 Å². The van der Waals surface area contributed by atoms with Gasteiger partial charge in [-0.3, -0.25) is 4.79 Å². The predicted molar refractivity (Wildman–Crippen MR) is 74.1 cm³/mol. The topological polar surface area (TPSA) is 38.3 Å². The van der Waals surface area contributed by atoms with Crippen LogP contribution in [0.15, 0.2) is 0 Å². The van der Waals surface area contributed by atoms with Crippen molar-refractivity contribution in [1.29, 1.82) is 0 Å². The SMILES string of the molecule is CC.CC.C[C@H]1CNC(C(=O)OC(C)(C)C)C1. The highest BCUT2D eigenvalue weighted by molar-refractivity contribution is 5.76. The van der Waals surface area contributed by atoms with Crippen molar-refractivity contribution in [2.45, 2.75) is 73.5 Å². The highest BCUT2D eigenvalue weighted by atomic mass is 16.6. The molecular weight excluding hydrogens is 214 g/mol. The molecule has 0 aromatic rings. The number of ether oxygens (including phenoxy) is 1. The molecule has 1 aliphatic rings. The molecule has 1 N–H and O–H groups in total. The average Bonchev–Trinajstić information content (AvgIpc) is 2.69. The first-order valence-corrected chi connectivity index (χ1v) is 6.85. The van der Waals surface area contributed by atoms with E-state index in [9.17, 15) is 4.79 Å². The molecule has 0 spiro atoms. The Morgan fingerprint density at radius 2 is 1.65 bits per heavy atom. The van der Waals surface area contributed by atoms with Crippen LogP contribution in [-0.2, 0) is 9.53 Å². The van der Waals surface area contributed by atoms with E-state index in [1.54, 1.807) is 0 Å². The van der Waals surface area contributed by atoms with Gasteiger partial charge in [0.05, 0.1) is 0 Å². The van der Waals surface area contributed by atoms with E-state index in [0.717, 1.165) is 13.0 Å². The molecule has 1 aliphatic heterocycles. The van der Waals surface area contributed by atoms with E-state index < -0.39 is 0 Å². The van der Waals surface area contributed by atoms with Crippen molar-refractivity contribution in [3.8, 4) is 0 Å². The minimum atomic E-state index is -0.370. The number of carbonyl (C=O) groups excluding carboxylic acids is 1. The normalized spacial score (nSPS) is 22.8. The van der Waals surface area contributed by atoms with Crippen LogP contribution in [0.5, 0.6) is 0 Å². The molecule has 1 heterocycles. The number of rotatable bonds is 1. The first kappa shape index (κ1) is 18.8. The lowest BCUT2D eigenvalue weighted by molar-refractivity contribution is -0.157. The highest BCUT2D eigenvalue weighted by Crippen LogP contribution is 2.16. The van der Waals surface area contributed by atoms with Crippen molar-refractivity contribution < 1.29 is 9.53 Å². The second kappa shape index (κ2) is 9.46. The molecule has 104 valence electrons. The maximum absolute atomic E-state index is 11.5. The van der Waals surface area contributed by atoms with Crippen LogP contribution in [0.4, 0.5) is 0 Å². The maximum Gasteiger partial charge on any atom is 0.323 e. The average molecular weight is 245 g/mol. The molecule has 0 aromatic carbocycles. The van der Waals surface area contributed by atoms with Gasteiger partial charge in [-0.15, -0.1) is 0 Å². The summed E-state index contributed by atoms with van der Waals surface area (Å²) in [5.74, 6) is 0.467. The molecule has 1 rings (SSSR count). The van der Waals surface area contributed by atoms with Crippen LogP contribution < -0.4 is 5.32 Å². The summed E-state index contributed by atoms with van der Waals surface area (Å²) in [7, 11) is 0. The maximum atomic E-state index is 11.5. The predicted octanol–water partition coefficient (Wildman–Crippen LogP) is 3.38. The van der Waals surface area contributed by atoms with Crippen molar-refractivity contribution in [3.05, 3.63) is 0 Å². The Hall–Kier alpha value is -0.570. The van der Waals surface area contributed by atoms with Gasteiger partial charge in [0.1, 0.15) is 11.6 Å². The van der Waals surface area contributed by atoms with Gasteiger partial charge in [-0.25, -0.2) is 0 Å². The molecule has 1 fully saturated rings. The van der Waals surface area contributed by atoms with Crippen LogP contribution in [0.25, 0.3) is 0 Å². The van der Waals surface area contributed by atoms with Crippen molar-refractivity contribution in [2.75, 3.05) is 6.54 Å². The lowest BCUT2D eigenvalue weighted by Gasteiger charge is -2.22. The minimum absolute atomic E-state index is 0.0887. The second-order valence-corrected chi connectivity index (χ2v) is 4.84. The van der Waals surface area contributed by atoms with E-state index >= 15 is 0 Å². The van der Waals surface area contributed by atoms with Crippen molar-refractivity contribution in [2.24, 2.45) is 5.92 Å². The molecule has 17 heavy (non-hydrogen) atoms. The summed E-state index contributed by atoms with van der Waals surface area (Å²) >= 11 is 0. The molecule has 2 atom stereocenters. The van der Waals surface area contributed by atoms with E-state index in [1.807, 2.05) is 48.5 Å². The monoisotopic (exact) mass is 245 g/mol. The largest absolute Gasteiger partial charge is 0.459 e. The Bertz CT molecular complexity index is 197. The summed E-state index contributed by atoms with van der Waals surface area (Å²) < 4.78 is 5.27. The number of hydrogen-bond donors (Lipinski definition) is 1. The van der Waals surface area contributed by atoms with Crippen molar-refractivity contribution in [3.63, 3.8) is 0 Å². The smallest absolute Gasteiger partial charge is 0.323 e. The van der Waals surface area contributed by atoms with Crippen molar-refractivity contribution >= 4 is 5.97 Å². The number of esters is 1. The number of nitrogens with one attached hydrogen (secondary N) is 1. The lowest BCUT2D eigenvalue weighted by Crippen LogP contribution is -2.37. The molecule has 3 heteroatoms. The van der Waals surface area contributed by atoms with E-state index in [0.29, 0.717) is 5.92 Å². The Morgan fingerprint density at radius 3 is 1.94 bits per heavy atom. The first-order valence-electron chi connectivity index (χ1n) is 6.85. The fourth-order valence-electron chi connectivity index (χ4n) is 1.46. The Labute approximate surface area is 107 Å². The summed E-state index contributed by atoms with van der Waals surface area (Å²) in [5.41, 5.74) is -0.370. The molecule has 3 nitrogen and oxygen atoms in total. The Morgan fingerprint density at radius 1 is 1.18 bits per heavy atom. The zero-order valence-electron chi connectivity index (χ0n) is 12.9. The summed E-state index contributed by atoms with van der Waals surface area (Å²) in [6.45, 7) is 16.7. The highest BCUT2D eigenvalue weighted by Gasteiger charge is 2.30. The van der Waals surface area contributed by atoms with Crippen LogP contribution in [0.1, 0.15) is 61.8 Å². The quantitative estimate of drug-likeness (QED) is 0.720. The van der Waals surface area contributed by atoms with Gasteiger partial charge in [0, 0.05) is 0 Å². The van der Waals surface area contributed by atoms with E-state index in [4.69, 9.17) is 4.74 Å². The number of carbonyl (C=O) groups is 1. The molecular formula is C14H31NO2. The van der Waals surface area contributed by atoms with E-state index in [-0.39, 0.29) is 17.6 Å². The standard InChI is InChI=1S/C10H19NO2.2C2H6/c1-7-5-8(11-6-7)9(12)13-10(2,3)4;2*1-2/h7-8,11H,5-6H2,1-4H3;2*1-2H3/t7-,8?;;/m1../s1. The van der Waals surface area contributed by atoms with Gasteiger partial charge in [-0.1, -0.05) is 34.6 Å². The van der Waals surface area contributed by atoms with Gasteiger partial charge in [0.25, 0.3) is 0 Å². The minimum Gasteiger partial charge on any atom is -0.459 e. The number of hydrogen-bond acceptors (Lipinski definition) is 3. The van der Waals surface area contributed by atoms with Crippen LogP contribution in [0.3, 0.4) is 0 Å². The lowest BCUT2D eigenvalue weighted by atomic mass is 10.1. The van der Waals surface area contributed by atoms with Gasteiger partial charge in [-0.05, 0) is 39.7 Å². The van der Waals surface area contributed by atoms with Crippen LogP contribution in [0, 0.1) is 5.92 Å². The van der Waals surface area contributed by atoms with Gasteiger partial charge in [0.2, 0.25) is 0 Å². The summed E-state index contributed by atoms with van der Waals surface area (Å²) in [5, 5.41) is 3.15. The molecule has 0 saturated carbocycles. The van der Waals surface area contributed by atoms with Crippen LogP contribution in [-0.4, -0.2) is 24.2 Å². The molecule has 0 amide bonds. The molecule has 0 aliphatic carbocycles. The molecule has 1 unspecified atom stereocenters. The fourth-order valence-corrected chi connectivity index (χ4v) is 1.46. The van der Waals surface area contributed by atoms with Gasteiger partial charge in [0.15, 0.2) is 0 Å². The molecule has 0 bridgehead atoms. The third-order valence-corrected chi connectivity index (χ3v) is 2.04.